The third kappa shape index (κ3) is 5.36. The zero-order valence-corrected chi connectivity index (χ0v) is 17.4. The van der Waals surface area contributed by atoms with Crippen LogP contribution >= 0.6 is 0 Å². The molecule has 2 aliphatic heterocycles. The number of carboxylic acids is 1. The average Bonchev–Trinajstić information content (AvgIpc) is 3.38. The van der Waals surface area contributed by atoms with Gasteiger partial charge in [0.1, 0.15) is 5.82 Å². The van der Waals surface area contributed by atoms with Gasteiger partial charge in [0.05, 0.1) is 4.90 Å². The summed E-state index contributed by atoms with van der Waals surface area (Å²) in [5, 5.41) is 16.6. The molecule has 0 aromatic heterocycles. The SMILES string of the molecule is O=C(O)C(F)(F)F.O=S(=O)(c1ccc(F)cc1)N1CC2(CC(CO)CN2CC2CC2)C1. The molecule has 174 valence electrons. The minimum Gasteiger partial charge on any atom is -0.475 e. The summed E-state index contributed by atoms with van der Waals surface area (Å²) in [5.74, 6) is -2.22. The van der Waals surface area contributed by atoms with E-state index in [0.29, 0.717) is 13.1 Å². The zero-order chi connectivity index (χ0) is 23.0. The maximum absolute atomic E-state index is 13.0. The lowest BCUT2D eigenvalue weighted by molar-refractivity contribution is -0.192. The van der Waals surface area contributed by atoms with Gasteiger partial charge in [0.25, 0.3) is 0 Å². The van der Waals surface area contributed by atoms with Gasteiger partial charge in [-0.1, -0.05) is 0 Å². The minimum atomic E-state index is -5.08. The van der Waals surface area contributed by atoms with Crippen LogP contribution in [0.15, 0.2) is 29.2 Å². The van der Waals surface area contributed by atoms with Crippen LogP contribution in [0.5, 0.6) is 0 Å². The van der Waals surface area contributed by atoms with Crippen LogP contribution in [-0.4, -0.2) is 78.3 Å². The number of carboxylic acid groups (broad SMARTS) is 1. The number of hydrogen-bond acceptors (Lipinski definition) is 5. The fourth-order valence-electron chi connectivity index (χ4n) is 4.10. The number of aliphatic hydroxyl groups is 1. The van der Waals surface area contributed by atoms with E-state index in [1.807, 2.05) is 0 Å². The molecule has 1 aromatic rings. The van der Waals surface area contributed by atoms with Crippen LogP contribution in [0.4, 0.5) is 17.6 Å². The molecule has 3 aliphatic rings. The molecule has 3 fully saturated rings. The number of alkyl halides is 3. The van der Waals surface area contributed by atoms with Crippen molar-refractivity contribution in [3.05, 3.63) is 30.1 Å². The maximum Gasteiger partial charge on any atom is 0.490 e. The van der Waals surface area contributed by atoms with Gasteiger partial charge < -0.3 is 10.2 Å². The van der Waals surface area contributed by atoms with Crippen LogP contribution in [0.3, 0.4) is 0 Å². The summed E-state index contributed by atoms with van der Waals surface area (Å²) in [6, 6.07) is 5.00. The average molecular weight is 468 g/mol. The fraction of sp³-hybridized carbons (Fsp3) is 0.632. The number of halogens is 4. The first-order valence-corrected chi connectivity index (χ1v) is 11.2. The quantitative estimate of drug-likeness (QED) is 0.641. The van der Waals surface area contributed by atoms with Crippen molar-refractivity contribution in [3.63, 3.8) is 0 Å². The van der Waals surface area contributed by atoms with Gasteiger partial charge in [-0.05, 0) is 55.4 Å². The largest absolute Gasteiger partial charge is 0.490 e. The summed E-state index contributed by atoms with van der Waals surface area (Å²) in [6.07, 6.45) is -1.71. The van der Waals surface area contributed by atoms with Crippen molar-refractivity contribution < 1.29 is 41.0 Å². The lowest BCUT2D eigenvalue weighted by atomic mass is 9.86. The number of hydrogen-bond donors (Lipinski definition) is 2. The van der Waals surface area contributed by atoms with Crippen LogP contribution < -0.4 is 0 Å². The summed E-state index contributed by atoms with van der Waals surface area (Å²) < 4.78 is 71.6. The molecule has 2 N–H and O–H groups in total. The number of rotatable bonds is 5. The van der Waals surface area contributed by atoms with Crippen LogP contribution in [0, 0.1) is 17.7 Å². The summed E-state index contributed by atoms with van der Waals surface area (Å²) >= 11 is 0. The molecule has 1 spiro atoms. The number of carbonyl (C=O) groups is 1. The molecule has 1 saturated carbocycles. The van der Waals surface area contributed by atoms with E-state index in [9.17, 15) is 31.1 Å². The van der Waals surface area contributed by atoms with Gasteiger partial charge in [0, 0.05) is 38.3 Å². The number of nitrogens with zero attached hydrogens (tertiary/aromatic N) is 2. The van der Waals surface area contributed by atoms with Gasteiger partial charge >= 0.3 is 12.1 Å². The van der Waals surface area contributed by atoms with E-state index in [2.05, 4.69) is 4.90 Å². The van der Waals surface area contributed by atoms with Crippen LogP contribution in [-0.2, 0) is 14.8 Å². The molecule has 1 unspecified atom stereocenters. The second-order valence-corrected chi connectivity index (χ2v) is 10.3. The molecule has 1 atom stereocenters. The van der Waals surface area contributed by atoms with Gasteiger partial charge in [-0.3, -0.25) is 4.90 Å². The topological polar surface area (TPSA) is 98.1 Å². The Labute approximate surface area is 177 Å². The van der Waals surface area contributed by atoms with E-state index in [1.54, 1.807) is 0 Å². The second-order valence-electron chi connectivity index (χ2n) is 8.36. The van der Waals surface area contributed by atoms with Gasteiger partial charge in [-0.25, -0.2) is 17.6 Å². The minimum absolute atomic E-state index is 0.122. The standard InChI is InChI=1S/C17H23FN2O3S.C2HF3O2/c18-15-3-5-16(6-4-15)24(22,23)20-11-17(12-20)7-14(10-21)9-19(17)8-13-1-2-13;3-2(4,5)1(6)7/h3-6,13-14,21H,1-2,7-12H2;(H,6,7). The van der Waals surface area contributed by atoms with Crippen molar-refractivity contribution in [3.8, 4) is 0 Å². The normalized spacial score (nSPS) is 23.8. The van der Waals surface area contributed by atoms with Crippen molar-refractivity contribution in [1.29, 1.82) is 0 Å². The maximum atomic E-state index is 13.0. The highest BCUT2D eigenvalue weighted by Gasteiger charge is 2.56. The lowest BCUT2D eigenvalue weighted by Crippen LogP contribution is -2.69. The summed E-state index contributed by atoms with van der Waals surface area (Å²) in [4.78, 5) is 11.4. The molecular formula is C19H24F4N2O5S. The van der Waals surface area contributed by atoms with Crippen LogP contribution in [0.2, 0.25) is 0 Å². The number of aliphatic carboxylic acids is 1. The Bertz CT molecular complexity index is 897. The first-order valence-electron chi connectivity index (χ1n) is 9.79. The smallest absolute Gasteiger partial charge is 0.475 e. The number of aliphatic hydroxyl groups excluding tert-OH is 1. The van der Waals surface area contributed by atoms with E-state index in [-0.39, 0.29) is 23.0 Å². The Morgan fingerprint density at radius 3 is 2.13 bits per heavy atom. The van der Waals surface area contributed by atoms with Crippen LogP contribution in [0.1, 0.15) is 19.3 Å². The second kappa shape index (κ2) is 8.64. The molecular weight excluding hydrogens is 444 g/mol. The molecule has 1 aromatic carbocycles. The van der Waals surface area contributed by atoms with E-state index in [1.165, 1.54) is 41.4 Å². The summed E-state index contributed by atoms with van der Waals surface area (Å²) in [6.45, 7) is 2.97. The Balaban J connectivity index is 0.000000339. The van der Waals surface area contributed by atoms with Crippen LogP contribution in [0.25, 0.3) is 0 Å². The van der Waals surface area contributed by atoms with Crippen molar-refractivity contribution >= 4 is 16.0 Å². The van der Waals surface area contributed by atoms with Gasteiger partial charge in [-0.15, -0.1) is 0 Å². The molecule has 0 radical (unpaired) electrons. The van der Waals surface area contributed by atoms with E-state index < -0.39 is 28.0 Å². The first kappa shape index (κ1) is 23.9. The Kier molecular flexibility index (Phi) is 6.66. The van der Waals surface area contributed by atoms with E-state index in [4.69, 9.17) is 9.90 Å². The molecule has 2 heterocycles. The van der Waals surface area contributed by atoms with Crippen molar-refractivity contribution in [1.82, 2.24) is 9.21 Å². The van der Waals surface area contributed by atoms with Gasteiger partial charge in [-0.2, -0.15) is 17.5 Å². The summed E-state index contributed by atoms with van der Waals surface area (Å²) in [7, 11) is -3.57. The molecule has 31 heavy (non-hydrogen) atoms. The highest BCUT2D eigenvalue weighted by atomic mass is 32.2. The van der Waals surface area contributed by atoms with Gasteiger partial charge in [0.2, 0.25) is 10.0 Å². The lowest BCUT2D eigenvalue weighted by Gasteiger charge is -2.52. The molecule has 0 amide bonds. The van der Waals surface area contributed by atoms with Crippen molar-refractivity contribution in [2.45, 2.75) is 35.9 Å². The Morgan fingerprint density at radius 1 is 1.13 bits per heavy atom. The van der Waals surface area contributed by atoms with E-state index in [0.717, 1.165) is 25.4 Å². The molecule has 12 heteroatoms. The predicted octanol–water partition coefficient (Wildman–Crippen LogP) is 1.93. The molecule has 4 rings (SSSR count). The molecule has 1 aliphatic carbocycles. The third-order valence-electron chi connectivity index (χ3n) is 5.89. The summed E-state index contributed by atoms with van der Waals surface area (Å²) in [5.41, 5.74) is -0.122. The predicted molar refractivity (Wildman–Crippen MR) is 101 cm³/mol. The molecule has 7 nitrogen and oxygen atoms in total. The molecule has 0 bridgehead atoms. The highest BCUT2D eigenvalue weighted by molar-refractivity contribution is 7.89. The Hall–Kier alpha value is -1.76. The number of sulfonamides is 1. The van der Waals surface area contributed by atoms with Gasteiger partial charge in [0.15, 0.2) is 0 Å². The highest BCUT2D eigenvalue weighted by Crippen LogP contribution is 2.44. The third-order valence-corrected chi connectivity index (χ3v) is 7.69. The number of likely N-dealkylation sites (tertiary alicyclic amines) is 1. The first-order chi connectivity index (χ1) is 14.4. The molecule has 2 saturated heterocycles. The fourth-order valence-corrected chi connectivity index (χ4v) is 5.70. The Morgan fingerprint density at radius 2 is 1.68 bits per heavy atom. The number of benzene rings is 1. The zero-order valence-electron chi connectivity index (χ0n) is 16.6. The van der Waals surface area contributed by atoms with E-state index >= 15 is 0 Å². The van der Waals surface area contributed by atoms with Crippen molar-refractivity contribution in [2.24, 2.45) is 11.8 Å². The monoisotopic (exact) mass is 468 g/mol. The van der Waals surface area contributed by atoms with Crippen molar-refractivity contribution in [2.75, 3.05) is 32.8 Å².